The smallest absolute Gasteiger partial charge is 0.180 e. The summed E-state index contributed by atoms with van der Waals surface area (Å²) >= 11 is 0. The normalized spacial score (nSPS) is 11.9. The molecule has 0 aliphatic carbocycles. The van der Waals surface area contributed by atoms with Crippen LogP contribution in [0.25, 0.3) is 0 Å². The molecule has 0 saturated carbocycles. The van der Waals surface area contributed by atoms with Crippen LogP contribution in [0.2, 0.25) is 0 Å². The minimum atomic E-state index is -3.20. The highest BCUT2D eigenvalue weighted by molar-refractivity contribution is 7.91. The largest absolute Gasteiger partial charge is 0.369 e. The molecule has 4 nitrogen and oxygen atoms in total. The van der Waals surface area contributed by atoms with Crippen molar-refractivity contribution in [2.24, 2.45) is 0 Å². The molecule has 0 aromatic heterocycles. The van der Waals surface area contributed by atoms with E-state index in [1.54, 1.807) is 12.1 Å². The van der Waals surface area contributed by atoms with Gasteiger partial charge < -0.3 is 10.2 Å². The monoisotopic (exact) mass is 312 g/mol. The van der Waals surface area contributed by atoms with Crippen LogP contribution in [0, 0.1) is 0 Å². The Morgan fingerprint density at radius 3 is 2.43 bits per heavy atom. The zero-order valence-corrected chi connectivity index (χ0v) is 14.4. The number of hydrogen-bond acceptors (Lipinski definition) is 4. The second-order valence-electron chi connectivity index (χ2n) is 5.48. The van der Waals surface area contributed by atoms with E-state index >= 15 is 0 Å². The van der Waals surface area contributed by atoms with Gasteiger partial charge in [0.25, 0.3) is 0 Å². The Kier molecular flexibility index (Phi) is 7.18. The number of nitrogens with one attached hydrogen (secondary N) is 1. The van der Waals surface area contributed by atoms with Crippen molar-refractivity contribution in [3.05, 3.63) is 24.3 Å². The maximum atomic E-state index is 12.4. The molecule has 0 unspecified atom stereocenters. The van der Waals surface area contributed by atoms with Crippen LogP contribution in [0.3, 0.4) is 0 Å². The van der Waals surface area contributed by atoms with Crippen LogP contribution in [0.4, 0.5) is 5.69 Å². The molecule has 0 aliphatic heterocycles. The van der Waals surface area contributed by atoms with Gasteiger partial charge in [0.15, 0.2) is 9.84 Å². The van der Waals surface area contributed by atoms with Crippen molar-refractivity contribution in [3.63, 3.8) is 0 Å². The lowest BCUT2D eigenvalue weighted by Crippen LogP contribution is -2.35. The second-order valence-corrected chi connectivity index (χ2v) is 7.55. The lowest BCUT2D eigenvalue weighted by Gasteiger charge is -2.26. The topological polar surface area (TPSA) is 49.4 Å². The molecular weight excluding hydrogens is 284 g/mol. The lowest BCUT2D eigenvalue weighted by atomic mass is 10.2. The second kappa shape index (κ2) is 8.39. The van der Waals surface area contributed by atoms with Gasteiger partial charge in [0, 0.05) is 25.7 Å². The van der Waals surface area contributed by atoms with Crippen molar-refractivity contribution >= 4 is 15.5 Å². The molecule has 1 aromatic carbocycles. The van der Waals surface area contributed by atoms with Gasteiger partial charge in [0.1, 0.15) is 0 Å². The molecule has 1 aromatic rings. The molecular formula is C16H28N2O2S. The zero-order valence-electron chi connectivity index (χ0n) is 13.6. The van der Waals surface area contributed by atoms with E-state index in [2.05, 4.69) is 31.0 Å². The van der Waals surface area contributed by atoms with Crippen LogP contribution >= 0.6 is 0 Å². The summed E-state index contributed by atoms with van der Waals surface area (Å²) in [5.41, 5.74) is 0.819. The standard InChI is InChI=1S/C16H28N2O2S/c1-5-13-21(19,20)16-10-8-7-9-15(16)18(6-2)12-11-17-14(3)4/h7-10,14,17H,5-6,11-13H2,1-4H3. The van der Waals surface area contributed by atoms with E-state index in [1.165, 1.54) is 0 Å². The van der Waals surface area contributed by atoms with Gasteiger partial charge in [0.05, 0.1) is 16.3 Å². The summed E-state index contributed by atoms with van der Waals surface area (Å²) in [6, 6.07) is 7.76. The van der Waals surface area contributed by atoms with Crippen LogP contribution in [0.15, 0.2) is 29.2 Å². The number of anilines is 1. The van der Waals surface area contributed by atoms with Gasteiger partial charge >= 0.3 is 0 Å². The molecule has 5 heteroatoms. The van der Waals surface area contributed by atoms with Crippen molar-refractivity contribution in [2.75, 3.05) is 30.3 Å². The van der Waals surface area contributed by atoms with E-state index < -0.39 is 9.84 Å². The highest BCUT2D eigenvalue weighted by Gasteiger charge is 2.20. The van der Waals surface area contributed by atoms with E-state index in [0.717, 1.165) is 25.3 Å². The molecule has 0 radical (unpaired) electrons. The first-order valence-corrected chi connectivity index (χ1v) is 9.37. The van der Waals surface area contributed by atoms with Gasteiger partial charge in [0.2, 0.25) is 0 Å². The van der Waals surface area contributed by atoms with E-state index in [-0.39, 0.29) is 5.75 Å². The molecule has 0 saturated heterocycles. The Morgan fingerprint density at radius 1 is 1.19 bits per heavy atom. The number of benzene rings is 1. The number of likely N-dealkylation sites (N-methyl/N-ethyl adjacent to an activating group) is 1. The van der Waals surface area contributed by atoms with Gasteiger partial charge in [-0.1, -0.05) is 32.9 Å². The average Bonchev–Trinajstić information content (AvgIpc) is 2.43. The Balaban J connectivity index is 2.99. The van der Waals surface area contributed by atoms with E-state index in [1.807, 2.05) is 19.1 Å². The summed E-state index contributed by atoms with van der Waals surface area (Å²) in [7, 11) is -3.20. The van der Waals surface area contributed by atoms with Crippen LogP contribution < -0.4 is 10.2 Å². The lowest BCUT2D eigenvalue weighted by molar-refractivity contribution is 0.580. The fraction of sp³-hybridized carbons (Fsp3) is 0.625. The minimum absolute atomic E-state index is 0.200. The van der Waals surface area contributed by atoms with Crippen molar-refractivity contribution in [1.82, 2.24) is 5.32 Å². The maximum Gasteiger partial charge on any atom is 0.180 e. The van der Waals surface area contributed by atoms with Gasteiger partial charge in [-0.3, -0.25) is 0 Å². The third kappa shape index (κ3) is 5.32. The minimum Gasteiger partial charge on any atom is -0.369 e. The quantitative estimate of drug-likeness (QED) is 0.761. The number of hydrogen-bond donors (Lipinski definition) is 1. The predicted octanol–water partition coefficient (Wildman–Crippen LogP) is 2.69. The summed E-state index contributed by atoms with van der Waals surface area (Å²) in [5, 5.41) is 3.37. The van der Waals surface area contributed by atoms with Crippen LogP contribution in [-0.4, -0.2) is 39.8 Å². The highest BCUT2D eigenvalue weighted by Crippen LogP contribution is 2.26. The molecule has 1 rings (SSSR count). The first-order chi connectivity index (χ1) is 9.92. The number of rotatable bonds is 9. The Labute approximate surface area is 129 Å². The molecule has 0 heterocycles. The van der Waals surface area contributed by atoms with E-state index in [4.69, 9.17) is 0 Å². The van der Waals surface area contributed by atoms with Crippen molar-refractivity contribution < 1.29 is 8.42 Å². The van der Waals surface area contributed by atoms with Crippen molar-refractivity contribution in [1.29, 1.82) is 0 Å². The molecule has 21 heavy (non-hydrogen) atoms. The molecule has 0 spiro atoms. The predicted molar refractivity (Wildman–Crippen MR) is 89.8 cm³/mol. The summed E-state index contributed by atoms with van der Waals surface area (Å²) in [6.07, 6.45) is 0.637. The van der Waals surface area contributed by atoms with E-state index in [0.29, 0.717) is 17.4 Å². The Morgan fingerprint density at radius 2 is 1.86 bits per heavy atom. The molecule has 0 fully saturated rings. The number of nitrogens with zero attached hydrogens (tertiary/aromatic N) is 1. The van der Waals surface area contributed by atoms with Crippen molar-refractivity contribution in [2.45, 2.75) is 45.1 Å². The summed E-state index contributed by atoms with van der Waals surface area (Å²) in [5.74, 6) is 0.200. The summed E-state index contributed by atoms with van der Waals surface area (Å²) < 4.78 is 24.8. The van der Waals surface area contributed by atoms with Gasteiger partial charge in [-0.05, 0) is 25.5 Å². The summed E-state index contributed by atoms with van der Waals surface area (Å²) in [6.45, 7) is 10.6. The maximum absolute atomic E-state index is 12.4. The van der Waals surface area contributed by atoms with Gasteiger partial charge in [-0.2, -0.15) is 0 Å². The molecule has 1 N–H and O–H groups in total. The van der Waals surface area contributed by atoms with Crippen LogP contribution in [-0.2, 0) is 9.84 Å². The van der Waals surface area contributed by atoms with Crippen molar-refractivity contribution in [3.8, 4) is 0 Å². The fourth-order valence-corrected chi connectivity index (χ4v) is 3.86. The average molecular weight is 312 g/mol. The molecule has 0 atom stereocenters. The SMILES string of the molecule is CCCS(=O)(=O)c1ccccc1N(CC)CCNC(C)C. The first kappa shape index (κ1) is 18.0. The number of para-hydroxylation sites is 1. The first-order valence-electron chi connectivity index (χ1n) is 7.72. The summed E-state index contributed by atoms with van der Waals surface area (Å²) in [4.78, 5) is 2.58. The third-order valence-electron chi connectivity index (χ3n) is 3.33. The number of sulfone groups is 1. The highest BCUT2D eigenvalue weighted by atomic mass is 32.2. The van der Waals surface area contributed by atoms with Crippen LogP contribution in [0.5, 0.6) is 0 Å². The molecule has 0 aliphatic rings. The van der Waals surface area contributed by atoms with Gasteiger partial charge in [-0.15, -0.1) is 0 Å². The fourth-order valence-electron chi connectivity index (χ4n) is 2.30. The van der Waals surface area contributed by atoms with Crippen LogP contribution in [0.1, 0.15) is 34.1 Å². The molecule has 0 amide bonds. The van der Waals surface area contributed by atoms with E-state index in [9.17, 15) is 8.42 Å². The Bertz CT molecular complexity index is 527. The Hall–Kier alpha value is -1.07. The molecule has 0 bridgehead atoms. The van der Waals surface area contributed by atoms with Gasteiger partial charge in [-0.25, -0.2) is 8.42 Å². The zero-order chi connectivity index (χ0) is 15.9. The third-order valence-corrected chi connectivity index (χ3v) is 5.29. The molecule has 120 valence electrons.